The van der Waals surface area contributed by atoms with Crippen LogP contribution in [0.1, 0.15) is 17.4 Å². The Hall–Kier alpha value is -2.94. The molecule has 0 bridgehead atoms. The second kappa shape index (κ2) is 4.63. The molecule has 0 fully saturated rings. The van der Waals surface area contributed by atoms with Crippen molar-refractivity contribution in [2.75, 3.05) is 5.32 Å². The average Bonchev–Trinajstić information content (AvgIpc) is 2.77. The number of rotatable bonds is 2. The maximum Gasteiger partial charge on any atom is 0.192 e. The van der Waals surface area contributed by atoms with Crippen molar-refractivity contribution in [2.45, 2.75) is 13.8 Å². The van der Waals surface area contributed by atoms with Gasteiger partial charge >= 0.3 is 0 Å². The standard InChI is InChI=1S/C14H11N5O/c1-8-16-11(7-15)6-14(17-8)19-10-3-4-13-12(5-10)18-9(2)20-13/h3-6H,1-2H3,(H,16,17,19). The van der Waals surface area contributed by atoms with Crippen LogP contribution in [-0.4, -0.2) is 15.0 Å². The summed E-state index contributed by atoms with van der Waals surface area (Å²) in [6, 6.07) is 9.20. The topological polar surface area (TPSA) is 87.6 Å². The van der Waals surface area contributed by atoms with Gasteiger partial charge < -0.3 is 9.73 Å². The molecule has 0 aliphatic rings. The number of benzene rings is 1. The number of nitriles is 1. The Bertz CT molecular complexity index is 831. The van der Waals surface area contributed by atoms with Crippen molar-refractivity contribution in [3.63, 3.8) is 0 Å². The lowest BCUT2D eigenvalue weighted by atomic mass is 10.3. The third-order valence-corrected chi connectivity index (χ3v) is 2.72. The van der Waals surface area contributed by atoms with E-state index in [2.05, 4.69) is 20.3 Å². The number of aromatic nitrogens is 3. The van der Waals surface area contributed by atoms with Gasteiger partial charge in [-0.05, 0) is 25.1 Å². The lowest BCUT2D eigenvalue weighted by Gasteiger charge is -2.06. The van der Waals surface area contributed by atoms with Gasteiger partial charge in [0, 0.05) is 18.7 Å². The molecule has 1 N–H and O–H groups in total. The molecule has 0 saturated carbocycles. The van der Waals surface area contributed by atoms with Gasteiger partial charge in [-0.1, -0.05) is 0 Å². The first kappa shape index (κ1) is 12.1. The number of hydrogen-bond donors (Lipinski definition) is 1. The fraction of sp³-hybridized carbons (Fsp3) is 0.143. The zero-order valence-electron chi connectivity index (χ0n) is 11.0. The fourth-order valence-corrected chi connectivity index (χ4v) is 1.96. The van der Waals surface area contributed by atoms with Crippen LogP contribution < -0.4 is 5.32 Å². The summed E-state index contributed by atoms with van der Waals surface area (Å²) in [5.41, 5.74) is 2.68. The SMILES string of the molecule is Cc1nc(C#N)cc(Nc2ccc3oc(C)nc3c2)n1. The van der Waals surface area contributed by atoms with Crippen LogP contribution in [-0.2, 0) is 0 Å². The summed E-state index contributed by atoms with van der Waals surface area (Å²) >= 11 is 0. The molecule has 3 rings (SSSR count). The van der Waals surface area contributed by atoms with E-state index in [0.29, 0.717) is 23.2 Å². The van der Waals surface area contributed by atoms with Gasteiger partial charge in [0.05, 0.1) is 0 Å². The maximum absolute atomic E-state index is 8.91. The van der Waals surface area contributed by atoms with Crippen LogP contribution >= 0.6 is 0 Å². The number of nitrogens with zero attached hydrogens (tertiary/aromatic N) is 4. The molecule has 0 atom stereocenters. The molecular formula is C14H11N5O. The Balaban J connectivity index is 1.96. The van der Waals surface area contributed by atoms with Crippen molar-refractivity contribution in [1.29, 1.82) is 5.26 Å². The van der Waals surface area contributed by atoms with E-state index >= 15 is 0 Å². The van der Waals surface area contributed by atoms with E-state index < -0.39 is 0 Å². The second-order valence-electron chi connectivity index (χ2n) is 4.34. The maximum atomic E-state index is 8.91. The third-order valence-electron chi connectivity index (χ3n) is 2.72. The van der Waals surface area contributed by atoms with Crippen molar-refractivity contribution >= 4 is 22.6 Å². The molecule has 0 spiro atoms. The summed E-state index contributed by atoms with van der Waals surface area (Å²) < 4.78 is 5.42. The summed E-state index contributed by atoms with van der Waals surface area (Å²) in [6.45, 7) is 3.55. The van der Waals surface area contributed by atoms with E-state index in [0.717, 1.165) is 16.8 Å². The monoisotopic (exact) mass is 265 g/mol. The molecule has 2 heterocycles. The van der Waals surface area contributed by atoms with Crippen molar-refractivity contribution in [2.24, 2.45) is 0 Å². The number of hydrogen-bond acceptors (Lipinski definition) is 6. The molecule has 0 aliphatic heterocycles. The largest absolute Gasteiger partial charge is 0.441 e. The molecule has 0 amide bonds. The zero-order valence-corrected chi connectivity index (χ0v) is 11.0. The highest BCUT2D eigenvalue weighted by atomic mass is 16.3. The third kappa shape index (κ3) is 2.29. The smallest absolute Gasteiger partial charge is 0.192 e. The summed E-state index contributed by atoms with van der Waals surface area (Å²) in [4.78, 5) is 12.5. The number of fused-ring (bicyclic) bond motifs is 1. The van der Waals surface area contributed by atoms with E-state index in [1.165, 1.54) is 0 Å². The van der Waals surface area contributed by atoms with Crippen LogP contribution in [0.2, 0.25) is 0 Å². The molecule has 6 nitrogen and oxygen atoms in total. The molecule has 0 unspecified atom stereocenters. The van der Waals surface area contributed by atoms with Crippen LogP contribution in [0.15, 0.2) is 28.7 Å². The number of oxazole rings is 1. The average molecular weight is 265 g/mol. The minimum absolute atomic E-state index is 0.332. The van der Waals surface area contributed by atoms with Crippen molar-refractivity contribution < 1.29 is 4.42 Å². The Morgan fingerprint density at radius 1 is 1.15 bits per heavy atom. The summed E-state index contributed by atoms with van der Waals surface area (Å²) in [7, 11) is 0. The Morgan fingerprint density at radius 3 is 2.80 bits per heavy atom. The van der Waals surface area contributed by atoms with E-state index in [-0.39, 0.29) is 0 Å². The molecule has 2 aromatic heterocycles. The summed E-state index contributed by atoms with van der Waals surface area (Å²) in [5, 5.41) is 12.0. The predicted molar refractivity (Wildman–Crippen MR) is 73.5 cm³/mol. The highest BCUT2D eigenvalue weighted by Crippen LogP contribution is 2.22. The molecule has 0 radical (unpaired) electrons. The first-order valence-electron chi connectivity index (χ1n) is 6.04. The Kier molecular flexibility index (Phi) is 2.80. The predicted octanol–water partition coefficient (Wildman–Crippen LogP) is 2.85. The number of anilines is 2. The molecule has 6 heteroatoms. The fourth-order valence-electron chi connectivity index (χ4n) is 1.96. The summed E-state index contributed by atoms with van der Waals surface area (Å²) in [5.74, 6) is 1.75. The Morgan fingerprint density at radius 2 is 2.00 bits per heavy atom. The van der Waals surface area contributed by atoms with Gasteiger partial charge in [-0.2, -0.15) is 5.26 Å². The van der Waals surface area contributed by atoms with E-state index in [9.17, 15) is 0 Å². The molecule has 20 heavy (non-hydrogen) atoms. The van der Waals surface area contributed by atoms with Crippen LogP contribution in [0.25, 0.3) is 11.1 Å². The van der Waals surface area contributed by atoms with Crippen LogP contribution in [0.5, 0.6) is 0 Å². The van der Waals surface area contributed by atoms with Gasteiger partial charge in [0.1, 0.15) is 28.9 Å². The van der Waals surface area contributed by atoms with Crippen molar-refractivity contribution in [3.05, 3.63) is 41.7 Å². The Labute approximate surface area is 115 Å². The van der Waals surface area contributed by atoms with E-state index in [1.54, 1.807) is 19.9 Å². The number of aryl methyl sites for hydroxylation is 2. The molecule has 3 aromatic rings. The summed E-state index contributed by atoms with van der Waals surface area (Å²) in [6.07, 6.45) is 0. The quantitative estimate of drug-likeness (QED) is 0.766. The van der Waals surface area contributed by atoms with Gasteiger partial charge in [-0.3, -0.25) is 0 Å². The van der Waals surface area contributed by atoms with Gasteiger partial charge in [0.2, 0.25) is 0 Å². The zero-order chi connectivity index (χ0) is 14.1. The minimum Gasteiger partial charge on any atom is -0.441 e. The van der Waals surface area contributed by atoms with Crippen molar-refractivity contribution in [1.82, 2.24) is 15.0 Å². The van der Waals surface area contributed by atoms with Crippen molar-refractivity contribution in [3.8, 4) is 6.07 Å². The van der Waals surface area contributed by atoms with E-state index in [1.807, 2.05) is 24.3 Å². The normalized spacial score (nSPS) is 10.4. The number of nitrogens with one attached hydrogen (secondary N) is 1. The van der Waals surface area contributed by atoms with Gasteiger partial charge in [0.15, 0.2) is 11.5 Å². The van der Waals surface area contributed by atoms with Crippen LogP contribution in [0.3, 0.4) is 0 Å². The van der Waals surface area contributed by atoms with Gasteiger partial charge in [-0.25, -0.2) is 15.0 Å². The van der Waals surface area contributed by atoms with Crippen LogP contribution in [0, 0.1) is 25.2 Å². The molecule has 98 valence electrons. The first-order valence-corrected chi connectivity index (χ1v) is 6.04. The molecule has 1 aromatic carbocycles. The van der Waals surface area contributed by atoms with Crippen LogP contribution in [0.4, 0.5) is 11.5 Å². The van der Waals surface area contributed by atoms with Gasteiger partial charge in [-0.15, -0.1) is 0 Å². The van der Waals surface area contributed by atoms with E-state index in [4.69, 9.17) is 9.68 Å². The lowest BCUT2D eigenvalue weighted by Crippen LogP contribution is -1.99. The molecule has 0 aliphatic carbocycles. The highest BCUT2D eigenvalue weighted by Gasteiger charge is 2.05. The first-order chi connectivity index (χ1) is 9.64. The lowest BCUT2D eigenvalue weighted by molar-refractivity contribution is 0.561. The highest BCUT2D eigenvalue weighted by molar-refractivity contribution is 5.78. The minimum atomic E-state index is 0.332. The molecular weight excluding hydrogens is 254 g/mol. The van der Waals surface area contributed by atoms with Gasteiger partial charge in [0.25, 0.3) is 0 Å². The second-order valence-corrected chi connectivity index (χ2v) is 4.34. The molecule has 0 saturated heterocycles.